The van der Waals surface area contributed by atoms with E-state index >= 15 is 0 Å². The van der Waals surface area contributed by atoms with E-state index in [0.717, 1.165) is 23.1 Å². The molecule has 2 atom stereocenters. The number of likely N-dealkylation sites (tertiary alicyclic amines) is 1. The Hall–Kier alpha value is -3.15. The van der Waals surface area contributed by atoms with Crippen molar-refractivity contribution in [2.75, 3.05) is 6.54 Å². The number of amides is 2. The number of nitrogens with one attached hydrogen (secondary N) is 1. The molecule has 0 radical (unpaired) electrons. The van der Waals surface area contributed by atoms with Gasteiger partial charge in [-0.25, -0.2) is 0 Å². The second kappa shape index (κ2) is 10.6. The summed E-state index contributed by atoms with van der Waals surface area (Å²) in [4.78, 5) is 28.2. The minimum absolute atomic E-state index is 0.163. The van der Waals surface area contributed by atoms with Crippen LogP contribution in [0.2, 0.25) is 5.02 Å². The zero-order valence-corrected chi connectivity index (χ0v) is 19.1. The van der Waals surface area contributed by atoms with Gasteiger partial charge in [0.15, 0.2) is 0 Å². The van der Waals surface area contributed by atoms with Crippen molar-refractivity contribution in [2.45, 2.75) is 37.4 Å². The average Bonchev–Trinajstić information content (AvgIpc) is 3.34. The van der Waals surface area contributed by atoms with Gasteiger partial charge in [-0.1, -0.05) is 84.4 Å². The van der Waals surface area contributed by atoms with E-state index in [9.17, 15) is 9.59 Å². The number of nitrogens with zero attached hydrogens (tertiary/aromatic N) is 1. The minimum atomic E-state index is -0.795. The van der Waals surface area contributed by atoms with Crippen LogP contribution in [0.25, 0.3) is 0 Å². The molecule has 1 saturated heterocycles. The topological polar surface area (TPSA) is 75.4 Å². The van der Waals surface area contributed by atoms with E-state index in [-0.39, 0.29) is 17.7 Å². The van der Waals surface area contributed by atoms with E-state index in [2.05, 4.69) is 5.32 Å². The number of halogens is 1. The van der Waals surface area contributed by atoms with E-state index in [1.54, 1.807) is 11.0 Å². The van der Waals surface area contributed by atoms with Gasteiger partial charge in [0, 0.05) is 24.0 Å². The standard InChI is InChI=1S/C27H28ClN3O2/c28-22-14-7-9-19(17-22)18-30-26(32)23-15-8-16-31(23)27(33)25(29)24(20-10-3-1-4-11-20)21-12-5-2-6-13-21/h1-7,9-14,17,23-25H,8,15-16,18,29H2,(H,30,32)/t23-,25+/m0/s1. The fourth-order valence-electron chi connectivity index (χ4n) is 4.52. The van der Waals surface area contributed by atoms with Gasteiger partial charge in [-0.3, -0.25) is 9.59 Å². The predicted molar refractivity (Wildman–Crippen MR) is 131 cm³/mol. The molecule has 0 unspecified atom stereocenters. The Kier molecular flexibility index (Phi) is 7.43. The molecule has 1 fully saturated rings. The zero-order valence-electron chi connectivity index (χ0n) is 18.4. The van der Waals surface area contributed by atoms with Crippen molar-refractivity contribution in [3.8, 4) is 0 Å². The molecule has 6 heteroatoms. The van der Waals surface area contributed by atoms with Crippen molar-refractivity contribution in [2.24, 2.45) is 5.73 Å². The number of carbonyl (C=O) groups is 2. The van der Waals surface area contributed by atoms with Gasteiger partial charge in [0.1, 0.15) is 6.04 Å². The molecule has 2 amide bonds. The molecular formula is C27H28ClN3O2. The van der Waals surface area contributed by atoms with Crippen molar-refractivity contribution < 1.29 is 9.59 Å². The smallest absolute Gasteiger partial charge is 0.243 e. The van der Waals surface area contributed by atoms with Crippen LogP contribution in [-0.2, 0) is 16.1 Å². The SMILES string of the molecule is N[C@@H](C(=O)N1CCC[C@H]1C(=O)NCc1cccc(Cl)c1)C(c1ccccc1)c1ccccc1. The van der Waals surface area contributed by atoms with Crippen molar-refractivity contribution in [1.82, 2.24) is 10.2 Å². The van der Waals surface area contributed by atoms with Crippen LogP contribution in [-0.4, -0.2) is 35.3 Å². The first-order valence-electron chi connectivity index (χ1n) is 11.2. The Morgan fingerprint density at radius 1 is 0.970 bits per heavy atom. The molecule has 3 aromatic carbocycles. The highest BCUT2D eigenvalue weighted by Crippen LogP contribution is 2.30. The summed E-state index contributed by atoms with van der Waals surface area (Å²) in [6, 6.07) is 25.7. The monoisotopic (exact) mass is 461 g/mol. The highest BCUT2D eigenvalue weighted by Gasteiger charge is 2.39. The van der Waals surface area contributed by atoms with Crippen molar-refractivity contribution in [3.05, 3.63) is 107 Å². The molecule has 0 spiro atoms. The second-order valence-electron chi connectivity index (χ2n) is 8.36. The van der Waals surface area contributed by atoms with Crippen LogP contribution >= 0.6 is 11.6 Å². The van der Waals surface area contributed by atoms with Crippen molar-refractivity contribution >= 4 is 23.4 Å². The lowest BCUT2D eigenvalue weighted by atomic mass is 9.84. The summed E-state index contributed by atoms with van der Waals surface area (Å²) in [5.41, 5.74) is 9.48. The summed E-state index contributed by atoms with van der Waals surface area (Å²) in [6.07, 6.45) is 1.40. The summed E-state index contributed by atoms with van der Waals surface area (Å²) < 4.78 is 0. The molecule has 3 N–H and O–H groups in total. The minimum Gasteiger partial charge on any atom is -0.350 e. The van der Waals surface area contributed by atoms with Crippen LogP contribution < -0.4 is 11.1 Å². The Bertz CT molecular complexity index is 1050. The van der Waals surface area contributed by atoms with E-state index < -0.39 is 12.1 Å². The largest absolute Gasteiger partial charge is 0.350 e. The van der Waals surface area contributed by atoms with Crippen LogP contribution in [0, 0.1) is 0 Å². The second-order valence-corrected chi connectivity index (χ2v) is 8.80. The number of benzene rings is 3. The molecule has 5 nitrogen and oxygen atoms in total. The number of carbonyl (C=O) groups excluding carboxylic acids is 2. The number of nitrogens with two attached hydrogens (primary N) is 1. The molecule has 1 aliphatic rings. The first-order chi connectivity index (χ1) is 16.0. The summed E-state index contributed by atoms with van der Waals surface area (Å²) in [7, 11) is 0. The Labute approximate surface area is 199 Å². The first-order valence-corrected chi connectivity index (χ1v) is 11.6. The van der Waals surface area contributed by atoms with Gasteiger partial charge < -0.3 is 16.0 Å². The van der Waals surface area contributed by atoms with Gasteiger partial charge >= 0.3 is 0 Å². The molecule has 4 rings (SSSR count). The summed E-state index contributed by atoms with van der Waals surface area (Å²) in [6.45, 7) is 0.888. The lowest BCUT2D eigenvalue weighted by molar-refractivity contribution is -0.139. The van der Waals surface area contributed by atoms with Gasteiger partial charge in [0.25, 0.3) is 0 Å². The van der Waals surface area contributed by atoms with E-state index in [0.29, 0.717) is 24.5 Å². The van der Waals surface area contributed by atoms with Crippen LogP contribution in [0.3, 0.4) is 0 Å². The molecule has 1 aliphatic heterocycles. The highest BCUT2D eigenvalue weighted by atomic mass is 35.5. The Morgan fingerprint density at radius 2 is 1.61 bits per heavy atom. The quantitative estimate of drug-likeness (QED) is 0.556. The van der Waals surface area contributed by atoms with Crippen LogP contribution in [0.4, 0.5) is 0 Å². The van der Waals surface area contributed by atoms with Crippen molar-refractivity contribution in [3.63, 3.8) is 0 Å². The normalized spacial score (nSPS) is 16.6. The number of hydrogen-bond acceptors (Lipinski definition) is 3. The molecule has 0 saturated carbocycles. The molecular weight excluding hydrogens is 434 g/mol. The molecule has 0 aliphatic carbocycles. The Morgan fingerprint density at radius 3 is 2.21 bits per heavy atom. The third-order valence-corrected chi connectivity index (χ3v) is 6.39. The highest BCUT2D eigenvalue weighted by molar-refractivity contribution is 6.30. The lowest BCUT2D eigenvalue weighted by Gasteiger charge is -2.31. The van der Waals surface area contributed by atoms with Crippen molar-refractivity contribution in [1.29, 1.82) is 0 Å². The third-order valence-electron chi connectivity index (χ3n) is 6.16. The first kappa shape index (κ1) is 23.0. The fraction of sp³-hybridized carbons (Fsp3) is 0.259. The molecule has 0 bridgehead atoms. The number of hydrogen-bond donors (Lipinski definition) is 2. The maximum Gasteiger partial charge on any atom is 0.243 e. The van der Waals surface area contributed by atoms with Gasteiger partial charge in [0.05, 0.1) is 6.04 Å². The summed E-state index contributed by atoms with van der Waals surface area (Å²) in [5.74, 6) is -0.659. The maximum absolute atomic E-state index is 13.6. The van der Waals surface area contributed by atoms with E-state index in [1.807, 2.05) is 78.9 Å². The number of rotatable bonds is 7. The van der Waals surface area contributed by atoms with Gasteiger partial charge in [-0.2, -0.15) is 0 Å². The predicted octanol–water partition coefficient (Wildman–Crippen LogP) is 4.11. The third kappa shape index (κ3) is 5.44. The lowest BCUT2D eigenvalue weighted by Crippen LogP contribution is -2.52. The van der Waals surface area contributed by atoms with Crippen LogP contribution in [0.15, 0.2) is 84.9 Å². The molecule has 0 aromatic heterocycles. The average molecular weight is 462 g/mol. The molecule has 1 heterocycles. The molecule has 33 heavy (non-hydrogen) atoms. The van der Waals surface area contributed by atoms with E-state index in [4.69, 9.17) is 17.3 Å². The van der Waals surface area contributed by atoms with Crippen LogP contribution in [0.1, 0.15) is 35.4 Å². The van der Waals surface area contributed by atoms with Gasteiger partial charge in [-0.05, 0) is 41.7 Å². The molecule has 170 valence electrons. The summed E-state index contributed by atoms with van der Waals surface area (Å²) >= 11 is 6.04. The van der Waals surface area contributed by atoms with E-state index in [1.165, 1.54) is 0 Å². The van der Waals surface area contributed by atoms with Gasteiger partial charge in [-0.15, -0.1) is 0 Å². The van der Waals surface area contributed by atoms with Crippen LogP contribution in [0.5, 0.6) is 0 Å². The Balaban J connectivity index is 1.50. The summed E-state index contributed by atoms with van der Waals surface area (Å²) in [5, 5.41) is 3.58. The fourth-order valence-corrected chi connectivity index (χ4v) is 4.73. The zero-order chi connectivity index (χ0) is 23.2. The maximum atomic E-state index is 13.6. The van der Waals surface area contributed by atoms with Gasteiger partial charge in [0.2, 0.25) is 11.8 Å². The molecule has 3 aromatic rings.